The number of hydrogen-bond donors (Lipinski definition) is 3. The molecule has 0 aromatic heterocycles. The fourth-order valence-electron chi connectivity index (χ4n) is 6.76. The SMILES string of the molecule is CC(C)(C)OC(=O)N1CCC(N)c2ccc(Br)cc2C1.CC(C)OC1CN(C(=O)NC2CCN(C(=O)OC(C)(C)C)Cc3cc(Br)ccc32)C1.CC(C)OC1CNC1. The summed E-state index contributed by atoms with van der Waals surface area (Å²) in [6, 6.07) is 11.7. The topological polar surface area (TPSA) is 148 Å². The molecule has 4 heterocycles. The smallest absolute Gasteiger partial charge is 0.410 e. The van der Waals surface area contributed by atoms with Crippen LogP contribution in [0.5, 0.6) is 0 Å². The summed E-state index contributed by atoms with van der Waals surface area (Å²) in [5, 5.41) is 6.30. The number of carbonyl (C=O) groups is 3. The van der Waals surface area contributed by atoms with E-state index in [1.54, 1.807) is 14.7 Å². The molecule has 2 atom stereocenters. The number of urea groups is 1. The summed E-state index contributed by atoms with van der Waals surface area (Å²) in [7, 11) is 0. The third-order valence-electron chi connectivity index (χ3n) is 9.51. The summed E-state index contributed by atoms with van der Waals surface area (Å²) in [4.78, 5) is 42.8. The predicted octanol–water partition coefficient (Wildman–Crippen LogP) is 8.42. The van der Waals surface area contributed by atoms with E-state index in [4.69, 9.17) is 24.7 Å². The quantitative estimate of drug-likeness (QED) is 0.269. The van der Waals surface area contributed by atoms with Gasteiger partial charge in [-0.25, -0.2) is 14.4 Å². The number of nitrogens with zero attached hydrogens (tertiary/aromatic N) is 3. The monoisotopic (exact) mass is 936 g/mol. The highest BCUT2D eigenvalue weighted by Gasteiger charge is 2.35. The zero-order valence-corrected chi connectivity index (χ0v) is 39.2. The van der Waals surface area contributed by atoms with Crippen molar-refractivity contribution in [2.24, 2.45) is 5.73 Å². The van der Waals surface area contributed by atoms with E-state index in [-0.39, 0.29) is 42.5 Å². The second-order valence-corrected chi connectivity index (χ2v) is 19.7. The first-order valence-corrected chi connectivity index (χ1v) is 22.0. The molecule has 58 heavy (non-hydrogen) atoms. The molecular formula is C43H66Br2N6O7. The van der Waals surface area contributed by atoms with Gasteiger partial charge in [0.1, 0.15) is 11.2 Å². The highest BCUT2D eigenvalue weighted by molar-refractivity contribution is 9.10. The number of likely N-dealkylation sites (tertiary alicyclic amines) is 1. The lowest BCUT2D eigenvalue weighted by atomic mass is 9.99. The van der Waals surface area contributed by atoms with Crippen molar-refractivity contribution in [3.8, 4) is 0 Å². The molecule has 0 bridgehead atoms. The van der Waals surface area contributed by atoms with Crippen molar-refractivity contribution in [2.75, 3.05) is 39.3 Å². The Bertz CT molecular complexity index is 1690. The molecule has 15 heteroatoms. The normalized spacial score (nSPS) is 19.8. The van der Waals surface area contributed by atoms with Gasteiger partial charge in [0, 0.05) is 54.3 Å². The standard InChI is InChI=1S/C22H32BrN3O4.C15H21BrN2O2.C6H13NO/c1-14(2)29-17-12-26(13-17)20(27)24-19-8-9-25(21(28)30-22(3,4)5)11-15-10-16(23)6-7-18(15)19;1-15(2,3)20-14(19)18-7-6-13(17)12-5-4-11(16)8-10(12)9-18;1-5(2)8-6-3-7-4-6/h6-7,10,14,17,19H,8-9,11-13H2,1-5H3,(H,24,27);4-5,8,13H,6-7,9,17H2,1-3H3;5-7H,3-4H2,1-2H3. The van der Waals surface area contributed by atoms with Crippen molar-refractivity contribution in [3.05, 3.63) is 67.6 Å². The summed E-state index contributed by atoms with van der Waals surface area (Å²) >= 11 is 6.98. The van der Waals surface area contributed by atoms with E-state index in [2.05, 4.69) is 56.3 Å². The van der Waals surface area contributed by atoms with Crippen molar-refractivity contribution in [2.45, 2.75) is 143 Å². The second kappa shape index (κ2) is 21.0. The molecule has 0 saturated carbocycles. The van der Waals surface area contributed by atoms with Crippen LogP contribution in [0.3, 0.4) is 0 Å². The Labute approximate surface area is 362 Å². The van der Waals surface area contributed by atoms with Crippen LogP contribution in [-0.2, 0) is 32.0 Å². The summed E-state index contributed by atoms with van der Waals surface area (Å²) < 4.78 is 24.1. The number of ether oxygens (including phenoxy) is 4. The summed E-state index contributed by atoms with van der Waals surface area (Å²) in [6.07, 6.45) is 1.90. The third-order valence-corrected chi connectivity index (χ3v) is 10.5. The molecule has 0 radical (unpaired) electrons. The zero-order chi connectivity index (χ0) is 42.9. The molecule has 2 aromatic rings. The molecule has 13 nitrogen and oxygen atoms in total. The van der Waals surface area contributed by atoms with Gasteiger partial charge in [-0.2, -0.15) is 0 Å². The molecule has 2 saturated heterocycles. The number of fused-ring (bicyclic) bond motifs is 2. The summed E-state index contributed by atoms with van der Waals surface area (Å²) in [5.74, 6) is 0. The second-order valence-electron chi connectivity index (χ2n) is 17.9. The predicted molar refractivity (Wildman–Crippen MR) is 233 cm³/mol. The average Bonchev–Trinajstić information content (AvgIpc) is 3.34. The van der Waals surface area contributed by atoms with Crippen molar-refractivity contribution in [1.82, 2.24) is 25.3 Å². The first kappa shape index (κ1) is 47.7. The minimum Gasteiger partial charge on any atom is -0.444 e. The van der Waals surface area contributed by atoms with E-state index in [0.29, 0.717) is 57.9 Å². The van der Waals surface area contributed by atoms with E-state index in [1.807, 2.05) is 91.8 Å². The molecule has 4 amide bonds. The third kappa shape index (κ3) is 15.3. The van der Waals surface area contributed by atoms with Gasteiger partial charge in [0.05, 0.1) is 43.5 Å². The maximum atomic E-state index is 12.8. The van der Waals surface area contributed by atoms with Crippen LogP contribution in [0.4, 0.5) is 14.4 Å². The van der Waals surface area contributed by atoms with Crippen LogP contribution in [0.15, 0.2) is 45.3 Å². The molecule has 6 rings (SSSR count). The molecule has 4 aliphatic rings. The van der Waals surface area contributed by atoms with Gasteiger partial charge < -0.3 is 50.0 Å². The van der Waals surface area contributed by atoms with Crippen LogP contribution in [-0.4, -0.2) is 108 Å². The molecular weight excluding hydrogens is 872 g/mol. The lowest BCUT2D eigenvalue weighted by molar-refractivity contribution is -0.0644. The van der Waals surface area contributed by atoms with Gasteiger partial charge in [0.15, 0.2) is 0 Å². The molecule has 2 unspecified atom stereocenters. The van der Waals surface area contributed by atoms with Gasteiger partial charge in [-0.15, -0.1) is 0 Å². The number of benzene rings is 2. The molecule has 0 aliphatic carbocycles. The van der Waals surface area contributed by atoms with E-state index in [0.717, 1.165) is 50.7 Å². The Morgan fingerprint density at radius 3 is 1.64 bits per heavy atom. The molecule has 0 spiro atoms. The number of nitrogens with two attached hydrogens (primary N) is 1. The number of nitrogens with one attached hydrogen (secondary N) is 2. The Hall–Kier alpha value is -2.95. The van der Waals surface area contributed by atoms with Gasteiger partial charge in [0.2, 0.25) is 0 Å². The van der Waals surface area contributed by atoms with Crippen LogP contribution in [0.1, 0.15) is 116 Å². The van der Waals surface area contributed by atoms with Crippen LogP contribution in [0.2, 0.25) is 0 Å². The van der Waals surface area contributed by atoms with Gasteiger partial charge in [-0.05, 0) is 129 Å². The molecule has 324 valence electrons. The van der Waals surface area contributed by atoms with Gasteiger partial charge in [-0.1, -0.05) is 44.0 Å². The van der Waals surface area contributed by atoms with Crippen molar-refractivity contribution < 1.29 is 33.3 Å². The molecule has 2 aromatic carbocycles. The van der Waals surface area contributed by atoms with Crippen molar-refractivity contribution in [1.29, 1.82) is 0 Å². The maximum Gasteiger partial charge on any atom is 0.410 e. The van der Waals surface area contributed by atoms with Crippen molar-refractivity contribution in [3.63, 3.8) is 0 Å². The summed E-state index contributed by atoms with van der Waals surface area (Å²) in [6.45, 7) is 24.7. The van der Waals surface area contributed by atoms with Crippen LogP contribution >= 0.6 is 31.9 Å². The first-order valence-electron chi connectivity index (χ1n) is 20.4. The van der Waals surface area contributed by atoms with Gasteiger partial charge >= 0.3 is 18.2 Å². The fraction of sp³-hybridized carbons (Fsp3) is 0.651. The largest absolute Gasteiger partial charge is 0.444 e. The lowest BCUT2D eigenvalue weighted by Crippen LogP contribution is -2.58. The Kier molecular flexibility index (Phi) is 17.3. The van der Waals surface area contributed by atoms with E-state index in [1.165, 1.54) is 0 Å². The number of amides is 4. The van der Waals surface area contributed by atoms with Crippen molar-refractivity contribution >= 4 is 50.1 Å². The molecule has 4 N–H and O–H groups in total. The van der Waals surface area contributed by atoms with E-state index >= 15 is 0 Å². The van der Waals surface area contributed by atoms with Crippen LogP contribution < -0.4 is 16.4 Å². The van der Waals surface area contributed by atoms with Crippen LogP contribution in [0.25, 0.3) is 0 Å². The number of hydrogen-bond acceptors (Lipinski definition) is 9. The zero-order valence-electron chi connectivity index (χ0n) is 36.0. The van der Waals surface area contributed by atoms with Crippen LogP contribution in [0, 0.1) is 0 Å². The fourth-order valence-corrected chi connectivity index (χ4v) is 7.57. The van der Waals surface area contributed by atoms with Gasteiger partial charge in [-0.3, -0.25) is 0 Å². The Balaban J connectivity index is 0.000000226. The van der Waals surface area contributed by atoms with E-state index < -0.39 is 11.2 Å². The minimum absolute atomic E-state index is 0.0365. The van der Waals surface area contributed by atoms with E-state index in [9.17, 15) is 14.4 Å². The Morgan fingerprint density at radius 2 is 1.19 bits per heavy atom. The lowest BCUT2D eigenvalue weighted by Gasteiger charge is -2.40. The number of halogens is 2. The molecule has 2 fully saturated rings. The highest BCUT2D eigenvalue weighted by Crippen LogP contribution is 2.31. The minimum atomic E-state index is -0.552. The molecule has 4 aliphatic heterocycles. The number of rotatable bonds is 5. The Morgan fingerprint density at radius 1 is 0.724 bits per heavy atom. The highest BCUT2D eigenvalue weighted by atomic mass is 79.9. The maximum absolute atomic E-state index is 12.8. The number of carbonyl (C=O) groups excluding carboxylic acids is 3. The van der Waals surface area contributed by atoms with Gasteiger partial charge in [0.25, 0.3) is 0 Å². The average molecular weight is 939 g/mol. The summed E-state index contributed by atoms with van der Waals surface area (Å²) in [5.41, 5.74) is 9.39. The first-order chi connectivity index (χ1) is 27.1.